The van der Waals surface area contributed by atoms with Crippen LogP contribution in [0.2, 0.25) is 33.0 Å². The summed E-state index contributed by atoms with van der Waals surface area (Å²) in [6, 6.07) is 0. The van der Waals surface area contributed by atoms with Crippen molar-refractivity contribution in [3.63, 3.8) is 0 Å². The molecule has 1 heterocycles. The quantitative estimate of drug-likeness (QED) is 0.303. The molecule has 0 aliphatic carbocycles. The summed E-state index contributed by atoms with van der Waals surface area (Å²) in [4.78, 5) is 0. The maximum atomic E-state index is 6.39. The van der Waals surface area contributed by atoms with E-state index in [-0.39, 0.29) is 0 Å². The van der Waals surface area contributed by atoms with Gasteiger partial charge in [0.1, 0.15) is 0 Å². The van der Waals surface area contributed by atoms with Gasteiger partial charge in [0, 0.05) is 0 Å². The van der Waals surface area contributed by atoms with Crippen LogP contribution < -0.4 is 0 Å². The molecule has 0 spiro atoms. The van der Waals surface area contributed by atoms with Crippen molar-refractivity contribution in [2.75, 3.05) is 0 Å². The number of epoxide rings is 1. The van der Waals surface area contributed by atoms with Crippen molar-refractivity contribution in [1.29, 1.82) is 0 Å². The van der Waals surface area contributed by atoms with E-state index in [4.69, 9.17) is 4.74 Å². The van der Waals surface area contributed by atoms with Gasteiger partial charge in [-0.25, -0.2) is 0 Å². The van der Waals surface area contributed by atoms with Gasteiger partial charge in [0.2, 0.25) is 0 Å². The molecule has 1 rings (SSSR count). The Morgan fingerprint density at radius 2 is 1.20 bits per heavy atom. The van der Waals surface area contributed by atoms with Gasteiger partial charge in [-0.2, -0.15) is 0 Å². The third-order valence-electron chi connectivity index (χ3n) is 5.03. The molecule has 1 fully saturated rings. The van der Waals surface area contributed by atoms with Crippen molar-refractivity contribution in [3.8, 4) is 0 Å². The number of unbranched alkanes of at least 4 members (excludes halogenated alkanes) is 3. The molecule has 20 heavy (non-hydrogen) atoms. The Labute approximate surface area is 133 Å². The standard InChI is InChI=1S/C5H11OSi.3C4H9.Sn/c1-7(2,3)5-4-6-5;3*1-3-4-2;/h4-5H,1-3H3;3*1,3-4H2,2H3;/t5-;;;;/m0..../s1. The van der Waals surface area contributed by atoms with Gasteiger partial charge in [0.15, 0.2) is 0 Å². The second kappa shape index (κ2) is 8.57. The van der Waals surface area contributed by atoms with Crippen LogP contribution in [0.3, 0.4) is 0 Å². The maximum absolute atomic E-state index is 6.39. The minimum absolute atomic E-state index is 0.726. The Hall–Kier alpha value is 0.976. The van der Waals surface area contributed by atoms with Gasteiger partial charge in [-0.1, -0.05) is 0 Å². The summed E-state index contributed by atoms with van der Waals surface area (Å²) >= 11 is -2.05. The van der Waals surface area contributed by atoms with Crippen molar-refractivity contribution in [2.24, 2.45) is 0 Å². The third kappa shape index (κ3) is 5.31. The zero-order valence-electron chi connectivity index (χ0n) is 14.9. The van der Waals surface area contributed by atoms with Crippen molar-refractivity contribution in [3.05, 3.63) is 0 Å². The van der Waals surface area contributed by atoms with E-state index in [1.807, 2.05) is 0 Å². The molecule has 0 aromatic heterocycles. The Kier molecular flexibility index (Phi) is 8.15. The summed E-state index contributed by atoms with van der Waals surface area (Å²) in [6.45, 7) is 14.6. The van der Waals surface area contributed by atoms with E-state index in [2.05, 4.69) is 40.4 Å². The van der Waals surface area contributed by atoms with E-state index < -0.39 is 26.5 Å². The van der Waals surface area contributed by atoms with Crippen LogP contribution in [0.4, 0.5) is 0 Å². The van der Waals surface area contributed by atoms with Crippen LogP contribution in [0.15, 0.2) is 0 Å². The minimum atomic E-state index is -2.05. The van der Waals surface area contributed by atoms with E-state index >= 15 is 0 Å². The molecular formula is C17H38OSiSn. The third-order valence-corrected chi connectivity index (χ3v) is 24.4. The number of ether oxygens (including phenoxy) is 1. The van der Waals surface area contributed by atoms with E-state index in [0.717, 1.165) is 9.85 Å². The van der Waals surface area contributed by atoms with Crippen LogP contribution in [-0.4, -0.2) is 36.3 Å². The fourth-order valence-corrected chi connectivity index (χ4v) is 28.8. The summed E-state index contributed by atoms with van der Waals surface area (Å²) in [5.41, 5.74) is 0.726. The van der Waals surface area contributed by atoms with Gasteiger partial charge in [-0.15, -0.1) is 0 Å². The normalized spacial score (nSPS) is 23.1. The van der Waals surface area contributed by atoms with E-state index in [0.29, 0.717) is 0 Å². The number of hydrogen-bond acceptors (Lipinski definition) is 1. The molecule has 0 saturated carbocycles. The molecule has 0 unspecified atom stereocenters. The van der Waals surface area contributed by atoms with Crippen molar-refractivity contribution < 1.29 is 4.74 Å². The monoisotopic (exact) mass is 406 g/mol. The van der Waals surface area contributed by atoms with Gasteiger partial charge >= 0.3 is 133 Å². The second-order valence-corrected chi connectivity index (χ2v) is 27.0. The molecule has 120 valence electrons. The van der Waals surface area contributed by atoms with Crippen molar-refractivity contribution in [2.45, 2.75) is 102 Å². The molecule has 0 amide bonds. The molecule has 0 aromatic rings. The SMILES string of the molecule is CCC[CH2][Sn]([CH2]CCC)([CH2]CCC)[C@H]1O[C@H]1[Si](C)(C)C. The van der Waals surface area contributed by atoms with Gasteiger partial charge in [0.25, 0.3) is 0 Å². The fraction of sp³-hybridized carbons (Fsp3) is 1.00. The Morgan fingerprint density at radius 3 is 1.45 bits per heavy atom. The predicted molar refractivity (Wildman–Crippen MR) is 96.9 cm³/mol. The Bertz CT molecular complexity index is 253. The van der Waals surface area contributed by atoms with Crippen LogP contribution in [0.5, 0.6) is 0 Å². The van der Waals surface area contributed by atoms with Crippen molar-refractivity contribution in [1.82, 2.24) is 0 Å². The molecule has 0 bridgehead atoms. The summed E-state index contributed by atoms with van der Waals surface area (Å²) in [5.74, 6) is 0. The fourth-order valence-electron chi connectivity index (χ4n) is 3.62. The first kappa shape index (κ1) is 19.0. The van der Waals surface area contributed by atoms with Crippen LogP contribution in [0.1, 0.15) is 59.3 Å². The Morgan fingerprint density at radius 1 is 0.800 bits per heavy atom. The first-order valence-electron chi connectivity index (χ1n) is 9.06. The molecule has 1 nitrogen and oxygen atoms in total. The molecule has 1 saturated heterocycles. The van der Waals surface area contributed by atoms with Gasteiger partial charge in [0.05, 0.1) is 0 Å². The Balaban J connectivity index is 2.79. The molecule has 1 aliphatic heterocycles. The van der Waals surface area contributed by atoms with Gasteiger partial charge in [-0.3, -0.25) is 0 Å². The molecule has 0 radical (unpaired) electrons. The molecule has 0 aromatic carbocycles. The first-order valence-corrected chi connectivity index (χ1v) is 20.3. The molecule has 1 aliphatic rings. The summed E-state index contributed by atoms with van der Waals surface area (Å²) in [6.07, 6.45) is 8.55. The molecule has 2 atom stereocenters. The molecule has 0 N–H and O–H groups in total. The second-order valence-electron chi connectivity index (χ2n) is 8.02. The van der Waals surface area contributed by atoms with Crippen molar-refractivity contribution >= 4 is 26.5 Å². The van der Waals surface area contributed by atoms with Crippen LogP contribution in [0.25, 0.3) is 0 Å². The first-order chi connectivity index (χ1) is 9.41. The summed E-state index contributed by atoms with van der Waals surface area (Å²) < 4.78 is 12.0. The average Bonchev–Trinajstić information content (AvgIpc) is 3.19. The van der Waals surface area contributed by atoms with Crippen LogP contribution in [-0.2, 0) is 4.74 Å². The van der Waals surface area contributed by atoms with E-state index in [9.17, 15) is 0 Å². The molecular weight excluding hydrogens is 367 g/mol. The average molecular weight is 405 g/mol. The van der Waals surface area contributed by atoms with Crippen LogP contribution in [0, 0.1) is 0 Å². The van der Waals surface area contributed by atoms with Crippen LogP contribution >= 0.6 is 0 Å². The van der Waals surface area contributed by atoms with Gasteiger partial charge in [-0.05, 0) is 0 Å². The number of rotatable bonds is 11. The summed E-state index contributed by atoms with van der Waals surface area (Å²) in [5, 5.41) is 0. The zero-order valence-corrected chi connectivity index (χ0v) is 18.8. The predicted octanol–water partition coefficient (Wildman–Crippen LogP) is 6.02. The topological polar surface area (TPSA) is 12.5 Å². The zero-order chi connectivity index (χ0) is 15.2. The van der Waals surface area contributed by atoms with E-state index in [1.165, 1.54) is 38.5 Å². The molecule has 3 heteroatoms. The summed E-state index contributed by atoms with van der Waals surface area (Å²) in [7, 11) is -1.08. The van der Waals surface area contributed by atoms with Gasteiger partial charge < -0.3 is 0 Å². The number of hydrogen-bond donors (Lipinski definition) is 0. The van der Waals surface area contributed by atoms with E-state index in [1.54, 1.807) is 13.3 Å².